The summed E-state index contributed by atoms with van der Waals surface area (Å²) in [7, 11) is 2.09. The molecule has 1 saturated carbocycles. The number of hydrogen-bond acceptors (Lipinski definition) is 2. The summed E-state index contributed by atoms with van der Waals surface area (Å²) in [6.45, 7) is 2.14. The van der Waals surface area contributed by atoms with Crippen LogP contribution < -0.4 is 10.8 Å². The minimum atomic E-state index is 0.919. The van der Waals surface area contributed by atoms with Crippen molar-refractivity contribution in [2.45, 2.75) is 32.2 Å². The smallest absolute Gasteiger partial charge is 0.141 e. The maximum absolute atomic E-state index is 4.19. The van der Waals surface area contributed by atoms with Crippen LogP contribution in [0, 0.1) is 5.92 Å². The van der Waals surface area contributed by atoms with E-state index in [1.165, 1.54) is 43.3 Å². The largest absolute Gasteiger partial charge is 0.312 e. The van der Waals surface area contributed by atoms with Gasteiger partial charge in [0, 0.05) is 18.9 Å². The van der Waals surface area contributed by atoms with Crippen LogP contribution in [0.4, 0.5) is 0 Å². The van der Waals surface area contributed by atoms with Crippen molar-refractivity contribution in [1.29, 1.82) is 0 Å². The lowest BCUT2D eigenvalue weighted by Crippen LogP contribution is -2.21. The van der Waals surface area contributed by atoms with Gasteiger partial charge in [-0.15, -0.1) is 0 Å². The molecule has 80 valence electrons. The van der Waals surface area contributed by atoms with E-state index < -0.39 is 0 Å². The number of nitrogens with zero attached hydrogens (tertiary/aromatic N) is 1. The van der Waals surface area contributed by atoms with Gasteiger partial charge in [0.2, 0.25) is 0 Å². The third-order valence-corrected chi connectivity index (χ3v) is 3.17. The molecule has 0 saturated heterocycles. The molecule has 0 bridgehead atoms. The summed E-state index contributed by atoms with van der Waals surface area (Å²) in [6.07, 6.45) is 9.55. The van der Waals surface area contributed by atoms with Gasteiger partial charge in [0.1, 0.15) is 7.85 Å². The van der Waals surface area contributed by atoms with E-state index in [2.05, 4.69) is 24.2 Å². The van der Waals surface area contributed by atoms with E-state index in [1.54, 1.807) is 0 Å². The van der Waals surface area contributed by atoms with Crippen LogP contribution in [0.1, 0.15) is 31.2 Å². The zero-order valence-corrected chi connectivity index (χ0v) is 9.50. The van der Waals surface area contributed by atoms with Crippen LogP contribution in [0.15, 0.2) is 18.5 Å². The lowest BCUT2D eigenvalue weighted by Gasteiger charge is -2.10. The topological polar surface area (TPSA) is 24.9 Å². The number of rotatable bonds is 4. The van der Waals surface area contributed by atoms with Gasteiger partial charge in [0.25, 0.3) is 0 Å². The molecule has 0 amide bonds. The normalized spacial score (nSPS) is 17.1. The molecule has 0 spiro atoms. The molecule has 0 radical (unpaired) electrons. The van der Waals surface area contributed by atoms with Gasteiger partial charge < -0.3 is 5.32 Å². The highest BCUT2D eigenvalue weighted by Gasteiger charge is 2.13. The van der Waals surface area contributed by atoms with E-state index in [1.807, 2.05) is 12.4 Å². The van der Waals surface area contributed by atoms with Crippen molar-refractivity contribution in [3.63, 3.8) is 0 Å². The molecular weight excluding hydrogens is 183 g/mol. The zero-order chi connectivity index (χ0) is 10.5. The van der Waals surface area contributed by atoms with E-state index in [9.17, 15) is 0 Å². The standard InChI is InChI=1S/C12H19BN2/c13-12-5-11(8-15-9-12)7-14-6-10-3-1-2-4-10/h5,8-10,14H,1-4,6-7,13H2. The number of pyridine rings is 1. The van der Waals surface area contributed by atoms with E-state index >= 15 is 0 Å². The predicted octanol–water partition coefficient (Wildman–Crippen LogP) is 0.620. The molecule has 0 atom stereocenters. The molecule has 0 aliphatic heterocycles. The summed E-state index contributed by atoms with van der Waals surface area (Å²) in [6, 6.07) is 2.20. The van der Waals surface area contributed by atoms with Gasteiger partial charge in [-0.25, -0.2) is 0 Å². The molecule has 1 aromatic heterocycles. The molecule has 0 unspecified atom stereocenters. The minimum Gasteiger partial charge on any atom is -0.312 e. The Hall–Kier alpha value is -0.825. The monoisotopic (exact) mass is 202 g/mol. The molecule has 2 nitrogen and oxygen atoms in total. The molecule has 2 rings (SSSR count). The van der Waals surface area contributed by atoms with Crippen molar-refractivity contribution >= 4 is 13.3 Å². The molecule has 0 aromatic carbocycles. The molecule has 15 heavy (non-hydrogen) atoms. The van der Waals surface area contributed by atoms with E-state index in [0.29, 0.717) is 0 Å². The molecule has 1 aromatic rings. The van der Waals surface area contributed by atoms with Crippen LogP contribution in [-0.2, 0) is 6.54 Å². The first-order chi connectivity index (χ1) is 7.34. The van der Waals surface area contributed by atoms with Gasteiger partial charge in [-0.3, -0.25) is 4.98 Å². The van der Waals surface area contributed by atoms with Crippen LogP contribution in [0.5, 0.6) is 0 Å². The lowest BCUT2D eigenvalue weighted by atomic mass is 9.97. The van der Waals surface area contributed by atoms with Gasteiger partial charge in [-0.1, -0.05) is 24.4 Å². The first-order valence-corrected chi connectivity index (χ1v) is 5.96. The fourth-order valence-corrected chi connectivity index (χ4v) is 2.35. The minimum absolute atomic E-state index is 0.919. The molecular formula is C12H19BN2. The third-order valence-electron chi connectivity index (χ3n) is 3.17. The highest BCUT2D eigenvalue weighted by Crippen LogP contribution is 2.23. The Morgan fingerprint density at radius 2 is 2.13 bits per heavy atom. The third kappa shape index (κ3) is 3.35. The van der Waals surface area contributed by atoms with Gasteiger partial charge in [0.05, 0.1) is 0 Å². The molecule has 1 fully saturated rings. The predicted molar refractivity (Wildman–Crippen MR) is 66.1 cm³/mol. The van der Waals surface area contributed by atoms with Gasteiger partial charge >= 0.3 is 0 Å². The second kappa shape index (κ2) is 5.31. The van der Waals surface area contributed by atoms with E-state index in [0.717, 1.165) is 12.5 Å². The highest BCUT2D eigenvalue weighted by atomic mass is 14.9. The Balaban J connectivity index is 1.73. The van der Waals surface area contributed by atoms with E-state index in [-0.39, 0.29) is 0 Å². The first kappa shape index (κ1) is 10.7. The summed E-state index contributed by atoms with van der Waals surface area (Å²) in [5.74, 6) is 0.919. The lowest BCUT2D eigenvalue weighted by molar-refractivity contribution is 0.489. The zero-order valence-electron chi connectivity index (χ0n) is 9.50. The van der Waals surface area contributed by atoms with Gasteiger partial charge in [-0.2, -0.15) is 0 Å². The second-order valence-electron chi connectivity index (χ2n) is 4.65. The summed E-state index contributed by atoms with van der Waals surface area (Å²) in [5, 5.41) is 3.53. The Morgan fingerprint density at radius 1 is 1.33 bits per heavy atom. The van der Waals surface area contributed by atoms with Crippen LogP contribution >= 0.6 is 0 Å². The van der Waals surface area contributed by atoms with Crippen molar-refractivity contribution in [2.75, 3.05) is 6.54 Å². The van der Waals surface area contributed by atoms with Gasteiger partial charge in [0.15, 0.2) is 0 Å². The van der Waals surface area contributed by atoms with Crippen molar-refractivity contribution in [2.24, 2.45) is 5.92 Å². The fraction of sp³-hybridized carbons (Fsp3) is 0.583. The van der Waals surface area contributed by atoms with Crippen LogP contribution in [0.2, 0.25) is 0 Å². The highest BCUT2D eigenvalue weighted by molar-refractivity contribution is 6.32. The Labute approximate surface area is 92.9 Å². The van der Waals surface area contributed by atoms with Crippen LogP contribution in [-0.4, -0.2) is 19.4 Å². The summed E-state index contributed by atoms with van der Waals surface area (Å²) >= 11 is 0. The fourth-order valence-electron chi connectivity index (χ4n) is 2.35. The van der Waals surface area contributed by atoms with E-state index in [4.69, 9.17) is 0 Å². The van der Waals surface area contributed by atoms with Crippen molar-refractivity contribution in [3.05, 3.63) is 24.0 Å². The Morgan fingerprint density at radius 3 is 2.87 bits per heavy atom. The van der Waals surface area contributed by atoms with Crippen molar-refractivity contribution in [3.8, 4) is 0 Å². The van der Waals surface area contributed by atoms with Crippen molar-refractivity contribution < 1.29 is 0 Å². The molecule has 3 heteroatoms. The van der Waals surface area contributed by atoms with Crippen LogP contribution in [0.25, 0.3) is 0 Å². The first-order valence-electron chi connectivity index (χ1n) is 5.96. The molecule has 1 aliphatic carbocycles. The average molecular weight is 202 g/mol. The summed E-state index contributed by atoms with van der Waals surface area (Å²) in [5.41, 5.74) is 2.54. The van der Waals surface area contributed by atoms with Gasteiger partial charge in [-0.05, 0) is 30.9 Å². The number of aromatic nitrogens is 1. The van der Waals surface area contributed by atoms with Crippen molar-refractivity contribution in [1.82, 2.24) is 10.3 Å². The number of hydrogen-bond donors (Lipinski definition) is 1. The maximum atomic E-state index is 4.19. The quantitative estimate of drug-likeness (QED) is 0.724. The molecule has 1 heterocycles. The number of nitrogens with one attached hydrogen (secondary N) is 1. The molecule has 1 N–H and O–H groups in total. The Kier molecular flexibility index (Phi) is 3.78. The molecule has 1 aliphatic rings. The average Bonchev–Trinajstić information content (AvgIpc) is 2.71. The second-order valence-corrected chi connectivity index (χ2v) is 4.65. The Bertz CT molecular complexity index is 308. The maximum Gasteiger partial charge on any atom is 0.141 e. The summed E-state index contributed by atoms with van der Waals surface area (Å²) in [4.78, 5) is 4.19. The van der Waals surface area contributed by atoms with Crippen LogP contribution in [0.3, 0.4) is 0 Å². The summed E-state index contributed by atoms with van der Waals surface area (Å²) < 4.78 is 0. The SMILES string of the molecule is Bc1cncc(CNCC2CCCC2)c1.